The average molecular weight is 470 g/mol. The maximum absolute atomic E-state index is 12.9. The molecular weight excluding hydrogens is 442 g/mol. The minimum Gasteiger partial charge on any atom is -0.336 e. The van der Waals surface area contributed by atoms with Gasteiger partial charge in [-0.05, 0) is 53.7 Å². The Hall–Kier alpha value is -3.15. The molecule has 10 nitrogen and oxygen atoms in total. The molecule has 1 aliphatic rings. The molecule has 11 heteroatoms. The highest BCUT2D eigenvalue weighted by Crippen LogP contribution is 2.17. The van der Waals surface area contributed by atoms with Crippen LogP contribution in [-0.4, -0.2) is 88.9 Å². The second-order valence-electron chi connectivity index (χ2n) is 8.22. The Morgan fingerprint density at radius 2 is 1.61 bits per heavy atom. The van der Waals surface area contributed by atoms with Crippen LogP contribution in [0.1, 0.15) is 21.7 Å². The van der Waals surface area contributed by atoms with Gasteiger partial charge in [-0.15, -0.1) is 5.10 Å². The van der Waals surface area contributed by atoms with Gasteiger partial charge in [-0.25, -0.2) is 12.7 Å². The van der Waals surface area contributed by atoms with Gasteiger partial charge in [0.1, 0.15) is 0 Å². The Labute approximate surface area is 193 Å². The molecular formula is C22H27N7O3S. The first kappa shape index (κ1) is 23.0. The number of hydrogen-bond donors (Lipinski definition) is 0. The lowest BCUT2D eigenvalue weighted by Crippen LogP contribution is -2.48. The van der Waals surface area contributed by atoms with Gasteiger partial charge < -0.3 is 4.90 Å². The normalized spacial score (nSPS) is 15.2. The van der Waals surface area contributed by atoms with Crippen molar-refractivity contribution in [1.29, 1.82) is 0 Å². The Kier molecular flexibility index (Phi) is 6.54. The van der Waals surface area contributed by atoms with Gasteiger partial charge in [-0.2, -0.15) is 4.68 Å². The number of benzene rings is 2. The van der Waals surface area contributed by atoms with Gasteiger partial charge >= 0.3 is 0 Å². The largest absolute Gasteiger partial charge is 0.336 e. The van der Waals surface area contributed by atoms with Crippen LogP contribution in [0.4, 0.5) is 0 Å². The van der Waals surface area contributed by atoms with Crippen molar-refractivity contribution in [3.63, 3.8) is 0 Å². The summed E-state index contributed by atoms with van der Waals surface area (Å²) in [6.07, 6.45) is 0. The molecule has 1 saturated heterocycles. The summed E-state index contributed by atoms with van der Waals surface area (Å²) in [6.45, 7) is 5.15. The zero-order valence-corrected chi connectivity index (χ0v) is 19.7. The maximum Gasteiger partial charge on any atom is 0.253 e. The van der Waals surface area contributed by atoms with Crippen molar-refractivity contribution in [2.45, 2.75) is 18.4 Å². The van der Waals surface area contributed by atoms with Crippen LogP contribution in [0.25, 0.3) is 5.69 Å². The van der Waals surface area contributed by atoms with Gasteiger partial charge in [-0.3, -0.25) is 9.69 Å². The molecule has 0 bridgehead atoms. The summed E-state index contributed by atoms with van der Waals surface area (Å²) in [7, 11) is -0.560. The van der Waals surface area contributed by atoms with Gasteiger partial charge in [0.15, 0.2) is 5.82 Å². The van der Waals surface area contributed by atoms with Crippen molar-refractivity contribution in [3.8, 4) is 5.69 Å². The number of aromatic nitrogens is 4. The third-order valence-electron chi connectivity index (χ3n) is 5.72. The van der Waals surface area contributed by atoms with Crippen molar-refractivity contribution in [2.75, 3.05) is 40.3 Å². The van der Waals surface area contributed by atoms with Crippen molar-refractivity contribution < 1.29 is 13.2 Å². The maximum atomic E-state index is 12.9. The molecule has 2 heterocycles. The highest BCUT2D eigenvalue weighted by molar-refractivity contribution is 7.89. The Bertz CT molecular complexity index is 1210. The third-order valence-corrected chi connectivity index (χ3v) is 7.55. The number of aryl methyl sites for hydroxylation is 1. The number of hydrogen-bond acceptors (Lipinski definition) is 7. The molecule has 0 aliphatic carbocycles. The third kappa shape index (κ3) is 4.95. The van der Waals surface area contributed by atoms with Gasteiger partial charge in [0.2, 0.25) is 10.0 Å². The number of piperazine rings is 1. The summed E-state index contributed by atoms with van der Waals surface area (Å²) in [5.41, 5.74) is 2.56. The summed E-state index contributed by atoms with van der Waals surface area (Å²) < 4.78 is 27.3. The van der Waals surface area contributed by atoms with E-state index in [0.717, 1.165) is 15.8 Å². The molecule has 0 atom stereocenters. The van der Waals surface area contributed by atoms with E-state index in [2.05, 4.69) is 20.4 Å². The number of sulfonamides is 1. The van der Waals surface area contributed by atoms with Gasteiger partial charge in [0.05, 0.1) is 17.1 Å². The molecule has 1 fully saturated rings. The van der Waals surface area contributed by atoms with E-state index in [9.17, 15) is 13.2 Å². The van der Waals surface area contributed by atoms with E-state index in [0.29, 0.717) is 38.3 Å². The Balaban J connectivity index is 1.36. The standard InChI is InChI=1S/C22H27N7O3S/c1-17-4-8-19(9-5-17)29-21(23-24-25-29)16-27-12-14-28(15-13-27)22(30)18-6-10-20(11-7-18)33(31,32)26(2)3/h4-11H,12-16H2,1-3H3. The summed E-state index contributed by atoms with van der Waals surface area (Å²) >= 11 is 0. The first-order valence-corrected chi connectivity index (χ1v) is 12.1. The molecule has 174 valence electrons. The van der Waals surface area contributed by atoms with E-state index in [4.69, 9.17) is 0 Å². The molecule has 3 aromatic rings. The lowest BCUT2D eigenvalue weighted by molar-refractivity contribution is 0.0624. The van der Waals surface area contributed by atoms with Gasteiger partial charge in [0, 0.05) is 45.8 Å². The van der Waals surface area contributed by atoms with E-state index in [1.165, 1.54) is 31.8 Å². The van der Waals surface area contributed by atoms with E-state index < -0.39 is 10.0 Å². The smallest absolute Gasteiger partial charge is 0.253 e. The Morgan fingerprint density at radius 3 is 2.21 bits per heavy atom. The van der Waals surface area contributed by atoms with E-state index in [1.807, 2.05) is 31.2 Å². The minimum absolute atomic E-state index is 0.104. The van der Waals surface area contributed by atoms with Crippen LogP contribution in [0.5, 0.6) is 0 Å². The monoisotopic (exact) mass is 469 g/mol. The lowest BCUT2D eigenvalue weighted by Gasteiger charge is -2.34. The first-order valence-electron chi connectivity index (χ1n) is 10.6. The van der Waals surface area contributed by atoms with Crippen molar-refractivity contribution in [3.05, 3.63) is 65.5 Å². The van der Waals surface area contributed by atoms with Crippen LogP contribution in [-0.2, 0) is 16.6 Å². The number of tetrazole rings is 1. The average Bonchev–Trinajstić information content (AvgIpc) is 3.27. The van der Waals surface area contributed by atoms with Gasteiger partial charge in [-0.1, -0.05) is 17.7 Å². The van der Waals surface area contributed by atoms with Crippen LogP contribution in [0.2, 0.25) is 0 Å². The van der Waals surface area contributed by atoms with Crippen molar-refractivity contribution >= 4 is 15.9 Å². The molecule has 1 aliphatic heterocycles. The second kappa shape index (κ2) is 9.38. The SMILES string of the molecule is Cc1ccc(-n2nnnc2CN2CCN(C(=O)c3ccc(S(=O)(=O)N(C)C)cc3)CC2)cc1. The topological polar surface area (TPSA) is 105 Å². The second-order valence-corrected chi connectivity index (χ2v) is 10.4. The molecule has 33 heavy (non-hydrogen) atoms. The molecule has 1 amide bonds. The highest BCUT2D eigenvalue weighted by Gasteiger charge is 2.24. The molecule has 0 saturated carbocycles. The van der Waals surface area contributed by atoms with Crippen LogP contribution in [0, 0.1) is 6.92 Å². The number of amides is 1. The number of nitrogens with zero attached hydrogens (tertiary/aromatic N) is 7. The van der Waals surface area contributed by atoms with Crippen LogP contribution >= 0.6 is 0 Å². The van der Waals surface area contributed by atoms with Crippen LogP contribution in [0.3, 0.4) is 0 Å². The molecule has 0 N–H and O–H groups in total. The van der Waals surface area contributed by atoms with Crippen LogP contribution in [0.15, 0.2) is 53.4 Å². The molecule has 0 spiro atoms. The quantitative estimate of drug-likeness (QED) is 0.534. The molecule has 4 rings (SSSR count). The fourth-order valence-electron chi connectivity index (χ4n) is 3.66. The molecule has 0 unspecified atom stereocenters. The zero-order chi connectivity index (χ0) is 23.6. The highest BCUT2D eigenvalue weighted by atomic mass is 32.2. The Morgan fingerprint density at radius 1 is 0.970 bits per heavy atom. The summed E-state index contributed by atoms with van der Waals surface area (Å²) in [5, 5.41) is 12.1. The number of rotatable bonds is 6. The van der Waals surface area contributed by atoms with E-state index in [-0.39, 0.29) is 10.8 Å². The number of carbonyl (C=O) groups excluding carboxylic acids is 1. The van der Waals surface area contributed by atoms with Gasteiger partial charge in [0.25, 0.3) is 5.91 Å². The van der Waals surface area contributed by atoms with E-state index >= 15 is 0 Å². The van der Waals surface area contributed by atoms with Crippen LogP contribution < -0.4 is 0 Å². The molecule has 0 radical (unpaired) electrons. The summed E-state index contributed by atoms with van der Waals surface area (Å²) in [4.78, 5) is 17.1. The minimum atomic E-state index is -3.52. The molecule has 1 aromatic heterocycles. The fourth-order valence-corrected chi connectivity index (χ4v) is 4.56. The summed E-state index contributed by atoms with van der Waals surface area (Å²) in [6, 6.07) is 14.1. The zero-order valence-electron chi connectivity index (χ0n) is 18.9. The van der Waals surface area contributed by atoms with Crippen molar-refractivity contribution in [2.24, 2.45) is 0 Å². The van der Waals surface area contributed by atoms with E-state index in [1.54, 1.807) is 21.7 Å². The molecule has 2 aromatic carbocycles. The first-order chi connectivity index (χ1) is 15.8. The number of carbonyl (C=O) groups is 1. The predicted molar refractivity (Wildman–Crippen MR) is 122 cm³/mol. The van der Waals surface area contributed by atoms with Crippen molar-refractivity contribution in [1.82, 2.24) is 34.3 Å². The predicted octanol–water partition coefficient (Wildman–Crippen LogP) is 1.18. The fraction of sp³-hybridized carbons (Fsp3) is 0.364. The summed E-state index contributed by atoms with van der Waals surface area (Å²) in [5.74, 6) is 0.643. The lowest BCUT2D eigenvalue weighted by atomic mass is 10.2.